The highest BCUT2D eigenvalue weighted by Gasteiger charge is 2.20. The van der Waals surface area contributed by atoms with Gasteiger partial charge < -0.3 is 9.84 Å². The summed E-state index contributed by atoms with van der Waals surface area (Å²) in [7, 11) is 0. The van der Waals surface area contributed by atoms with Crippen LogP contribution in [0, 0.1) is 30.2 Å². The molecule has 1 aromatic heterocycles. The number of hydrogen-bond acceptors (Lipinski definition) is 3. The van der Waals surface area contributed by atoms with Crippen LogP contribution in [0.5, 0.6) is 5.75 Å². The van der Waals surface area contributed by atoms with E-state index in [0.717, 1.165) is 22.8 Å². The van der Waals surface area contributed by atoms with Gasteiger partial charge in [0.1, 0.15) is 34.2 Å². The van der Waals surface area contributed by atoms with Gasteiger partial charge in [0.2, 0.25) is 0 Å². The summed E-state index contributed by atoms with van der Waals surface area (Å²) in [5, 5.41) is 9.05. The van der Waals surface area contributed by atoms with Crippen molar-refractivity contribution in [2.24, 2.45) is 0 Å². The molecule has 0 amide bonds. The first kappa shape index (κ1) is 21.1. The lowest BCUT2D eigenvalue weighted by Gasteiger charge is -2.16. The molecule has 0 aliphatic rings. The highest BCUT2D eigenvalue weighted by atomic mass is 79.9. The van der Waals surface area contributed by atoms with Crippen molar-refractivity contribution in [1.29, 1.82) is 0 Å². The minimum atomic E-state index is -1.02. The van der Waals surface area contributed by atoms with Gasteiger partial charge in [0, 0.05) is 23.4 Å². The maximum absolute atomic E-state index is 14.4. The number of aryl methyl sites for hydroxylation is 1. The summed E-state index contributed by atoms with van der Waals surface area (Å²) >= 11 is 3.05. The molecule has 1 heterocycles. The Hall–Kier alpha value is -2.65. The number of aromatic nitrogens is 1. The summed E-state index contributed by atoms with van der Waals surface area (Å²) in [6.45, 7) is 0.595. The second kappa shape index (κ2) is 8.38. The Balaban J connectivity index is 2.00. The summed E-state index contributed by atoms with van der Waals surface area (Å²) in [6, 6.07) is 6.20. The molecule has 3 aromatic rings. The zero-order chi connectivity index (χ0) is 21.3. The molecule has 0 saturated carbocycles. The monoisotopic (exact) mass is 471 g/mol. The average molecular weight is 472 g/mol. The van der Waals surface area contributed by atoms with Crippen LogP contribution in [0.15, 0.2) is 45.7 Å². The Labute approximate surface area is 171 Å². The van der Waals surface area contributed by atoms with E-state index < -0.39 is 41.1 Å². The molecular weight excluding hydrogens is 458 g/mol. The molecule has 2 aromatic carbocycles. The standard InChI is InChI=1S/C20H14BrF4NO3/c1-10-4-17(29-9-12-2-3-13(22)7-14(12)23)18(21)20(28)26(10)19-15(24)5-11(8-27)6-16(19)25/h2-7,27H,8-9H2,1H3. The number of ether oxygens (including phenoxy) is 1. The first-order valence-corrected chi connectivity index (χ1v) is 9.10. The van der Waals surface area contributed by atoms with E-state index >= 15 is 0 Å². The molecule has 1 N–H and O–H groups in total. The van der Waals surface area contributed by atoms with Crippen molar-refractivity contribution in [3.05, 3.63) is 91.3 Å². The second-order valence-electron chi connectivity index (χ2n) is 6.20. The number of benzene rings is 2. The van der Waals surface area contributed by atoms with Gasteiger partial charge in [-0.2, -0.15) is 0 Å². The first-order valence-electron chi connectivity index (χ1n) is 8.31. The second-order valence-corrected chi connectivity index (χ2v) is 6.99. The van der Waals surface area contributed by atoms with Crippen molar-refractivity contribution in [2.75, 3.05) is 0 Å². The van der Waals surface area contributed by atoms with Crippen LogP contribution in [-0.4, -0.2) is 9.67 Å². The summed E-state index contributed by atoms with van der Waals surface area (Å²) in [6.07, 6.45) is 0. The molecule has 0 fully saturated rings. The van der Waals surface area contributed by atoms with E-state index in [9.17, 15) is 22.4 Å². The summed E-state index contributed by atoms with van der Waals surface area (Å²) in [4.78, 5) is 12.7. The normalized spacial score (nSPS) is 11.0. The van der Waals surface area contributed by atoms with Crippen molar-refractivity contribution in [2.45, 2.75) is 20.1 Å². The molecule has 152 valence electrons. The third-order valence-corrected chi connectivity index (χ3v) is 4.91. The van der Waals surface area contributed by atoms with Crippen LogP contribution in [0.3, 0.4) is 0 Å². The van der Waals surface area contributed by atoms with Crippen LogP contribution in [-0.2, 0) is 13.2 Å². The van der Waals surface area contributed by atoms with Crippen LogP contribution < -0.4 is 10.3 Å². The summed E-state index contributed by atoms with van der Waals surface area (Å²) in [5.41, 5.74) is -1.15. The maximum atomic E-state index is 14.4. The molecule has 3 rings (SSSR count). The SMILES string of the molecule is Cc1cc(OCc2ccc(F)cc2F)c(Br)c(=O)n1-c1c(F)cc(CO)cc1F. The van der Waals surface area contributed by atoms with Gasteiger partial charge in [-0.1, -0.05) is 0 Å². The number of nitrogens with zero attached hydrogens (tertiary/aromatic N) is 1. The molecule has 29 heavy (non-hydrogen) atoms. The number of aliphatic hydroxyl groups is 1. The van der Waals surface area contributed by atoms with E-state index in [-0.39, 0.29) is 33.6 Å². The molecule has 0 radical (unpaired) electrons. The van der Waals surface area contributed by atoms with Crippen molar-refractivity contribution in [1.82, 2.24) is 4.57 Å². The number of rotatable bonds is 5. The fourth-order valence-electron chi connectivity index (χ4n) is 2.78. The van der Waals surface area contributed by atoms with Crippen LogP contribution >= 0.6 is 15.9 Å². The first-order chi connectivity index (χ1) is 13.7. The smallest absolute Gasteiger partial charge is 0.273 e. The lowest BCUT2D eigenvalue weighted by molar-refractivity contribution is 0.280. The van der Waals surface area contributed by atoms with E-state index in [1.54, 1.807) is 0 Å². The minimum absolute atomic E-state index is 0.0230. The van der Waals surface area contributed by atoms with Crippen LogP contribution in [0.1, 0.15) is 16.8 Å². The van der Waals surface area contributed by atoms with Gasteiger partial charge in [-0.3, -0.25) is 9.36 Å². The zero-order valence-corrected chi connectivity index (χ0v) is 16.6. The molecule has 9 heteroatoms. The van der Waals surface area contributed by atoms with E-state index in [4.69, 9.17) is 9.84 Å². The third-order valence-electron chi connectivity index (χ3n) is 4.18. The largest absolute Gasteiger partial charge is 0.487 e. The van der Waals surface area contributed by atoms with E-state index in [0.29, 0.717) is 6.07 Å². The summed E-state index contributed by atoms with van der Waals surface area (Å²) < 4.78 is 61.7. The number of aliphatic hydroxyl groups excluding tert-OH is 1. The Morgan fingerprint density at radius 2 is 1.69 bits per heavy atom. The maximum Gasteiger partial charge on any atom is 0.273 e. The van der Waals surface area contributed by atoms with Crippen molar-refractivity contribution < 1.29 is 27.4 Å². The number of pyridine rings is 1. The predicted molar refractivity (Wildman–Crippen MR) is 101 cm³/mol. The molecule has 0 aliphatic heterocycles. The third kappa shape index (κ3) is 4.20. The van der Waals surface area contributed by atoms with Gasteiger partial charge in [-0.25, -0.2) is 17.6 Å². The van der Waals surface area contributed by atoms with Gasteiger partial charge in [0.15, 0.2) is 11.6 Å². The quantitative estimate of drug-likeness (QED) is 0.556. The summed E-state index contributed by atoms with van der Waals surface area (Å²) in [5.74, 6) is -3.55. The molecule has 0 spiro atoms. The Morgan fingerprint density at radius 1 is 1.03 bits per heavy atom. The van der Waals surface area contributed by atoms with Crippen molar-refractivity contribution in [3.63, 3.8) is 0 Å². The average Bonchev–Trinajstić information content (AvgIpc) is 2.66. The number of hydrogen-bond donors (Lipinski definition) is 1. The topological polar surface area (TPSA) is 51.5 Å². The lowest BCUT2D eigenvalue weighted by Crippen LogP contribution is -2.24. The lowest BCUT2D eigenvalue weighted by atomic mass is 10.1. The number of halogens is 5. The van der Waals surface area contributed by atoms with E-state index in [2.05, 4.69) is 15.9 Å². The molecule has 0 unspecified atom stereocenters. The predicted octanol–water partition coefficient (Wildman–Crippen LogP) is 4.54. The highest BCUT2D eigenvalue weighted by Crippen LogP contribution is 2.27. The highest BCUT2D eigenvalue weighted by molar-refractivity contribution is 9.10. The molecule has 0 aliphatic carbocycles. The molecular formula is C20H14BrF4NO3. The molecule has 0 atom stereocenters. The fraction of sp³-hybridized carbons (Fsp3) is 0.150. The van der Waals surface area contributed by atoms with Gasteiger partial charge in [-0.05, 0) is 52.7 Å². The fourth-order valence-corrected chi connectivity index (χ4v) is 3.19. The van der Waals surface area contributed by atoms with Crippen molar-refractivity contribution >= 4 is 15.9 Å². The zero-order valence-electron chi connectivity index (χ0n) is 15.0. The van der Waals surface area contributed by atoms with Crippen molar-refractivity contribution in [3.8, 4) is 11.4 Å². The van der Waals surface area contributed by atoms with E-state index in [1.807, 2.05) is 0 Å². The molecule has 0 saturated heterocycles. The van der Waals surface area contributed by atoms with Crippen LogP contribution in [0.2, 0.25) is 0 Å². The Morgan fingerprint density at radius 3 is 2.28 bits per heavy atom. The van der Waals surface area contributed by atoms with Crippen LogP contribution in [0.25, 0.3) is 5.69 Å². The van der Waals surface area contributed by atoms with Gasteiger partial charge in [-0.15, -0.1) is 0 Å². The van der Waals surface area contributed by atoms with Gasteiger partial charge in [0.05, 0.1) is 6.61 Å². The van der Waals surface area contributed by atoms with Crippen LogP contribution in [0.4, 0.5) is 17.6 Å². The van der Waals surface area contributed by atoms with Gasteiger partial charge >= 0.3 is 0 Å². The Bertz CT molecular complexity index is 1120. The molecule has 4 nitrogen and oxygen atoms in total. The van der Waals surface area contributed by atoms with Gasteiger partial charge in [0.25, 0.3) is 5.56 Å². The minimum Gasteiger partial charge on any atom is -0.487 e. The van der Waals surface area contributed by atoms with E-state index in [1.165, 1.54) is 19.1 Å². The molecule has 0 bridgehead atoms. The Kier molecular flexibility index (Phi) is 6.09.